The van der Waals surface area contributed by atoms with Crippen molar-refractivity contribution in [2.75, 3.05) is 40.3 Å². The minimum atomic E-state index is -2.76. The SMILES string of the molecule is CN(C)C1CCN(C(=O)c2ccc3c(c2)cc(C(=O)N2CCC(F)(F)CC2)n3-c2ccc(C#N)cc2)CC1. The van der Waals surface area contributed by atoms with E-state index in [4.69, 9.17) is 0 Å². The van der Waals surface area contributed by atoms with Crippen LogP contribution in [0.5, 0.6) is 0 Å². The first kappa shape index (κ1) is 25.9. The molecule has 1 aromatic heterocycles. The predicted octanol–water partition coefficient (Wildman–Crippen LogP) is 4.54. The molecule has 9 heteroatoms. The Balaban J connectivity index is 1.50. The van der Waals surface area contributed by atoms with Crippen LogP contribution in [0, 0.1) is 11.3 Å². The number of fused-ring (bicyclic) bond motifs is 1. The third kappa shape index (κ3) is 5.01. The number of hydrogen-bond acceptors (Lipinski definition) is 4. The van der Waals surface area contributed by atoms with Crippen molar-refractivity contribution < 1.29 is 18.4 Å². The number of halogens is 2. The van der Waals surface area contributed by atoms with Crippen LogP contribution in [-0.2, 0) is 0 Å². The van der Waals surface area contributed by atoms with E-state index in [9.17, 15) is 23.6 Å². The summed E-state index contributed by atoms with van der Waals surface area (Å²) in [5.74, 6) is -3.13. The number of alkyl halides is 2. The molecule has 3 heterocycles. The monoisotopic (exact) mass is 519 g/mol. The highest BCUT2D eigenvalue weighted by atomic mass is 19.3. The molecule has 0 N–H and O–H groups in total. The third-order valence-electron chi connectivity index (χ3n) is 7.79. The Hall–Kier alpha value is -3.77. The van der Waals surface area contributed by atoms with Crippen LogP contribution in [0.25, 0.3) is 16.6 Å². The first-order chi connectivity index (χ1) is 18.2. The highest BCUT2D eigenvalue weighted by Crippen LogP contribution is 2.31. The van der Waals surface area contributed by atoms with Gasteiger partial charge < -0.3 is 19.3 Å². The Morgan fingerprint density at radius 2 is 1.55 bits per heavy atom. The van der Waals surface area contributed by atoms with E-state index in [2.05, 4.69) is 25.1 Å². The van der Waals surface area contributed by atoms with Crippen LogP contribution in [0.15, 0.2) is 48.5 Å². The summed E-state index contributed by atoms with van der Waals surface area (Å²) in [5.41, 5.74) is 2.78. The molecule has 0 bridgehead atoms. The van der Waals surface area contributed by atoms with Crippen LogP contribution >= 0.6 is 0 Å². The molecule has 2 fully saturated rings. The number of aromatic nitrogens is 1. The largest absolute Gasteiger partial charge is 0.339 e. The lowest BCUT2D eigenvalue weighted by Gasteiger charge is -2.35. The molecule has 0 unspecified atom stereocenters. The van der Waals surface area contributed by atoms with Gasteiger partial charge in [0.1, 0.15) is 5.69 Å². The molecule has 2 aromatic carbocycles. The Morgan fingerprint density at radius 1 is 0.921 bits per heavy atom. The number of benzene rings is 2. The maximum Gasteiger partial charge on any atom is 0.270 e. The van der Waals surface area contributed by atoms with Gasteiger partial charge in [0.05, 0.1) is 17.1 Å². The van der Waals surface area contributed by atoms with Crippen LogP contribution in [0.2, 0.25) is 0 Å². The smallest absolute Gasteiger partial charge is 0.270 e. The Labute approximate surface area is 220 Å². The maximum atomic E-state index is 13.8. The van der Waals surface area contributed by atoms with Gasteiger partial charge in [0.2, 0.25) is 0 Å². The molecule has 0 spiro atoms. The first-order valence-electron chi connectivity index (χ1n) is 13.0. The molecular weight excluding hydrogens is 488 g/mol. The fraction of sp³-hybridized carbons (Fsp3) is 0.414. The predicted molar refractivity (Wildman–Crippen MR) is 141 cm³/mol. The van der Waals surface area contributed by atoms with Crippen LogP contribution in [0.1, 0.15) is 52.1 Å². The highest BCUT2D eigenvalue weighted by Gasteiger charge is 2.36. The summed E-state index contributed by atoms with van der Waals surface area (Å²) in [6.45, 7) is 1.34. The van der Waals surface area contributed by atoms with Gasteiger partial charge in [-0.1, -0.05) is 0 Å². The molecule has 3 aromatic rings. The zero-order valence-electron chi connectivity index (χ0n) is 21.7. The summed E-state index contributed by atoms with van der Waals surface area (Å²) in [6, 6.07) is 16.6. The van der Waals surface area contributed by atoms with Crippen molar-refractivity contribution >= 4 is 22.7 Å². The van der Waals surface area contributed by atoms with E-state index in [0.29, 0.717) is 47.0 Å². The van der Waals surface area contributed by atoms with Crippen LogP contribution in [-0.4, -0.2) is 83.3 Å². The molecule has 2 amide bonds. The number of carbonyl (C=O) groups excluding carboxylic acids is 2. The Bertz CT molecular complexity index is 1390. The average Bonchev–Trinajstić information content (AvgIpc) is 3.31. The Morgan fingerprint density at radius 3 is 2.16 bits per heavy atom. The fourth-order valence-electron chi connectivity index (χ4n) is 5.44. The van der Waals surface area contributed by atoms with E-state index in [1.807, 2.05) is 11.0 Å². The molecule has 0 aliphatic carbocycles. The number of likely N-dealkylation sites (tertiary alicyclic amines) is 2. The molecule has 2 saturated heterocycles. The number of piperidine rings is 2. The van der Waals surface area contributed by atoms with Crippen molar-refractivity contribution in [2.45, 2.75) is 37.6 Å². The summed E-state index contributed by atoms with van der Waals surface area (Å²) in [7, 11) is 4.12. The maximum absolute atomic E-state index is 13.8. The lowest BCUT2D eigenvalue weighted by atomic mass is 10.0. The summed E-state index contributed by atoms with van der Waals surface area (Å²) in [5, 5.41) is 9.92. The van der Waals surface area contributed by atoms with Crippen molar-refractivity contribution in [3.8, 4) is 11.8 Å². The molecule has 38 heavy (non-hydrogen) atoms. The number of amides is 2. The molecule has 0 saturated carbocycles. The molecular formula is C29H31F2N5O2. The lowest BCUT2D eigenvalue weighted by Crippen LogP contribution is -2.44. The van der Waals surface area contributed by atoms with Gasteiger partial charge in [-0.3, -0.25) is 9.59 Å². The zero-order valence-corrected chi connectivity index (χ0v) is 21.7. The van der Waals surface area contributed by atoms with Crippen molar-refractivity contribution in [1.29, 1.82) is 5.26 Å². The van der Waals surface area contributed by atoms with Gasteiger partial charge in [-0.15, -0.1) is 0 Å². The fourth-order valence-corrected chi connectivity index (χ4v) is 5.44. The van der Waals surface area contributed by atoms with Gasteiger partial charge in [0, 0.05) is 61.7 Å². The van der Waals surface area contributed by atoms with E-state index in [0.717, 1.165) is 18.4 Å². The van der Waals surface area contributed by atoms with Crippen molar-refractivity contribution in [1.82, 2.24) is 19.3 Å². The van der Waals surface area contributed by atoms with E-state index in [1.165, 1.54) is 4.90 Å². The van der Waals surface area contributed by atoms with Crippen LogP contribution in [0.3, 0.4) is 0 Å². The molecule has 198 valence electrons. The summed E-state index contributed by atoms with van der Waals surface area (Å²) in [6.07, 6.45) is 1.12. The van der Waals surface area contributed by atoms with Gasteiger partial charge in [0.25, 0.3) is 17.7 Å². The average molecular weight is 520 g/mol. The number of carbonyl (C=O) groups is 2. The number of rotatable bonds is 4. The topological polar surface area (TPSA) is 72.6 Å². The van der Waals surface area contributed by atoms with Crippen LogP contribution < -0.4 is 0 Å². The third-order valence-corrected chi connectivity index (χ3v) is 7.79. The zero-order chi connectivity index (χ0) is 27.0. The van der Waals surface area contributed by atoms with E-state index in [-0.39, 0.29) is 37.7 Å². The van der Waals surface area contributed by atoms with Crippen LogP contribution in [0.4, 0.5) is 8.78 Å². The minimum Gasteiger partial charge on any atom is -0.339 e. The molecule has 0 radical (unpaired) electrons. The number of nitriles is 1. The van der Waals surface area contributed by atoms with Crippen molar-refractivity contribution in [3.05, 3.63) is 65.4 Å². The van der Waals surface area contributed by atoms with E-state index >= 15 is 0 Å². The van der Waals surface area contributed by atoms with Gasteiger partial charge in [-0.2, -0.15) is 5.26 Å². The summed E-state index contributed by atoms with van der Waals surface area (Å²) >= 11 is 0. The number of nitrogens with zero attached hydrogens (tertiary/aromatic N) is 5. The molecule has 0 atom stereocenters. The molecule has 5 rings (SSSR count). The first-order valence-corrected chi connectivity index (χ1v) is 13.0. The second-order valence-electron chi connectivity index (χ2n) is 10.4. The van der Waals surface area contributed by atoms with E-state index < -0.39 is 5.92 Å². The van der Waals surface area contributed by atoms with E-state index in [1.54, 1.807) is 47.0 Å². The minimum absolute atomic E-state index is 0.0205. The molecule has 2 aliphatic heterocycles. The summed E-state index contributed by atoms with van der Waals surface area (Å²) in [4.78, 5) is 32.4. The van der Waals surface area contributed by atoms with Crippen molar-refractivity contribution in [2.24, 2.45) is 0 Å². The quantitative estimate of drug-likeness (QED) is 0.508. The van der Waals surface area contributed by atoms with Gasteiger partial charge >= 0.3 is 0 Å². The summed E-state index contributed by atoms with van der Waals surface area (Å²) < 4.78 is 29.3. The molecule has 7 nitrogen and oxygen atoms in total. The second kappa shape index (κ2) is 10.2. The second-order valence-corrected chi connectivity index (χ2v) is 10.4. The molecule has 2 aliphatic rings. The standard InChI is InChI=1S/C29H31F2N5O2/c1-33(2)23-9-13-34(14-10-23)27(37)21-5-8-25-22(17-21)18-26(28(38)35-15-11-29(30,31)12-16-35)36(25)24-6-3-20(19-32)4-7-24/h3-8,17-18,23H,9-16H2,1-2H3. The number of hydrogen-bond donors (Lipinski definition) is 0. The normalized spacial score (nSPS) is 18.1. The Kier molecular flexibility index (Phi) is 6.93. The lowest BCUT2D eigenvalue weighted by molar-refractivity contribution is -0.0495. The highest BCUT2D eigenvalue weighted by molar-refractivity contribution is 6.03. The van der Waals surface area contributed by atoms with Crippen molar-refractivity contribution in [3.63, 3.8) is 0 Å². The van der Waals surface area contributed by atoms with Gasteiger partial charge in [-0.25, -0.2) is 8.78 Å². The van der Waals surface area contributed by atoms with Gasteiger partial charge in [-0.05, 0) is 75.5 Å². The van der Waals surface area contributed by atoms with Gasteiger partial charge in [0.15, 0.2) is 0 Å².